The summed E-state index contributed by atoms with van der Waals surface area (Å²) in [6.45, 7) is 2.99. The summed E-state index contributed by atoms with van der Waals surface area (Å²) in [5, 5.41) is 27.8. The minimum Gasteiger partial charge on any atom is -0.504 e. The molecular formula is C11H14O5. The molecule has 1 atom stereocenters. The van der Waals surface area contributed by atoms with E-state index in [-0.39, 0.29) is 23.7 Å². The maximum absolute atomic E-state index is 11.4. The van der Waals surface area contributed by atoms with Crippen molar-refractivity contribution >= 4 is 5.97 Å². The Labute approximate surface area is 92.9 Å². The largest absolute Gasteiger partial charge is 0.504 e. The van der Waals surface area contributed by atoms with Gasteiger partial charge in [0.2, 0.25) is 0 Å². The molecule has 0 unspecified atom stereocenters. The van der Waals surface area contributed by atoms with Crippen LogP contribution < -0.4 is 4.74 Å². The number of rotatable bonds is 3. The van der Waals surface area contributed by atoms with Crippen LogP contribution in [0.1, 0.15) is 20.3 Å². The first kappa shape index (κ1) is 12.3. The number of phenolic OH excluding ortho intramolecular Hbond substituents is 2. The molecule has 0 saturated carbocycles. The van der Waals surface area contributed by atoms with Crippen LogP contribution in [0.5, 0.6) is 17.2 Å². The summed E-state index contributed by atoms with van der Waals surface area (Å²) in [6.07, 6.45) is 0.218. The lowest BCUT2D eigenvalue weighted by atomic mass is 10.0. The van der Waals surface area contributed by atoms with Crippen molar-refractivity contribution in [2.75, 3.05) is 0 Å². The molecule has 0 aromatic heterocycles. The number of phenols is 2. The molecule has 0 aliphatic heterocycles. The number of carbonyl (C=O) groups excluding carboxylic acids is 1. The molecule has 1 aromatic rings. The number of hydrogen-bond acceptors (Lipinski definition) is 5. The van der Waals surface area contributed by atoms with Gasteiger partial charge in [0, 0.05) is 6.07 Å². The fraction of sp³-hybridized carbons (Fsp3) is 0.364. The second-order valence-corrected chi connectivity index (χ2v) is 3.67. The van der Waals surface area contributed by atoms with Crippen LogP contribution in [0.15, 0.2) is 18.2 Å². The molecule has 0 amide bonds. The highest BCUT2D eigenvalue weighted by molar-refractivity contribution is 5.81. The monoisotopic (exact) mass is 226 g/mol. The van der Waals surface area contributed by atoms with Gasteiger partial charge in [-0.3, -0.25) is 0 Å². The normalized spacial score (nSPS) is 14.2. The molecule has 1 rings (SSSR count). The van der Waals surface area contributed by atoms with E-state index in [4.69, 9.17) is 14.9 Å². The lowest BCUT2D eigenvalue weighted by molar-refractivity contribution is -0.153. The lowest BCUT2D eigenvalue weighted by Crippen LogP contribution is -2.37. The van der Waals surface area contributed by atoms with Crippen LogP contribution in [0.3, 0.4) is 0 Å². The van der Waals surface area contributed by atoms with Gasteiger partial charge in [-0.25, -0.2) is 4.79 Å². The number of hydrogen-bond donors (Lipinski definition) is 3. The van der Waals surface area contributed by atoms with E-state index in [9.17, 15) is 9.90 Å². The van der Waals surface area contributed by atoms with E-state index in [1.165, 1.54) is 19.1 Å². The third-order valence-electron chi connectivity index (χ3n) is 2.29. The Kier molecular flexibility index (Phi) is 3.39. The molecule has 5 nitrogen and oxygen atoms in total. The number of benzene rings is 1. The van der Waals surface area contributed by atoms with Gasteiger partial charge in [-0.1, -0.05) is 6.92 Å². The van der Waals surface area contributed by atoms with Crippen LogP contribution in [0.2, 0.25) is 0 Å². The average Bonchev–Trinajstić information content (AvgIpc) is 2.23. The number of aliphatic hydroxyl groups is 1. The van der Waals surface area contributed by atoms with E-state index >= 15 is 0 Å². The Morgan fingerprint density at radius 1 is 1.38 bits per heavy atom. The summed E-state index contributed by atoms with van der Waals surface area (Å²) in [5.41, 5.74) is -1.56. The molecule has 0 spiro atoms. The minimum atomic E-state index is -1.56. The zero-order valence-electron chi connectivity index (χ0n) is 9.10. The highest BCUT2D eigenvalue weighted by Crippen LogP contribution is 2.29. The molecule has 0 fully saturated rings. The standard InChI is InChI=1S/C11H14O5/c1-3-11(2,15)10(14)16-7-4-5-8(12)9(13)6-7/h4-6,12-13,15H,3H2,1-2H3/t11-/m0/s1. The highest BCUT2D eigenvalue weighted by atomic mass is 16.6. The minimum absolute atomic E-state index is 0.0639. The Morgan fingerprint density at radius 2 is 2.00 bits per heavy atom. The summed E-state index contributed by atoms with van der Waals surface area (Å²) >= 11 is 0. The maximum atomic E-state index is 11.4. The van der Waals surface area contributed by atoms with Crippen LogP contribution in [0, 0.1) is 0 Å². The third-order valence-corrected chi connectivity index (χ3v) is 2.29. The van der Waals surface area contributed by atoms with Crippen molar-refractivity contribution in [3.05, 3.63) is 18.2 Å². The second kappa shape index (κ2) is 4.40. The van der Waals surface area contributed by atoms with Crippen LogP contribution in [-0.2, 0) is 4.79 Å². The zero-order chi connectivity index (χ0) is 12.3. The van der Waals surface area contributed by atoms with Gasteiger partial charge in [-0.2, -0.15) is 0 Å². The molecule has 0 aliphatic rings. The fourth-order valence-corrected chi connectivity index (χ4v) is 0.928. The van der Waals surface area contributed by atoms with E-state index in [1.807, 2.05) is 0 Å². The summed E-state index contributed by atoms with van der Waals surface area (Å²) in [4.78, 5) is 11.4. The molecule has 0 bridgehead atoms. The van der Waals surface area contributed by atoms with E-state index < -0.39 is 11.6 Å². The van der Waals surface area contributed by atoms with Crippen LogP contribution in [-0.4, -0.2) is 26.9 Å². The van der Waals surface area contributed by atoms with Gasteiger partial charge < -0.3 is 20.1 Å². The van der Waals surface area contributed by atoms with Crippen molar-refractivity contribution in [2.24, 2.45) is 0 Å². The van der Waals surface area contributed by atoms with Crippen molar-refractivity contribution in [1.29, 1.82) is 0 Å². The molecule has 0 heterocycles. The molecule has 0 radical (unpaired) electrons. The Bertz CT molecular complexity index is 397. The molecule has 5 heteroatoms. The second-order valence-electron chi connectivity index (χ2n) is 3.67. The molecule has 1 aromatic carbocycles. The molecular weight excluding hydrogens is 212 g/mol. The topological polar surface area (TPSA) is 87.0 Å². The average molecular weight is 226 g/mol. The Balaban J connectivity index is 2.82. The van der Waals surface area contributed by atoms with Gasteiger partial charge in [0.25, 0.3) is 0 Å². The predicted molar refractivity (Wildman–Crippen MR) is 56.3 cm³/mol. The summed E-state index contributed by atoms with van der Waals surface area (Å²) in [5.74, 6) is -1.43. The number of aromatic hydroxyl groups is 2. The molecule has 16 heavy (non-hydrogen) atoms. The number of carbonyl (C=O) groups is 1. The Morgan fingerprint density at radius 3 is 2.50 bits per heavy atom. The quantitative estimate of drug-likeness (QED) is 0.409. The summed E-state index contributed by atoms with van der Waals surface area (Å²) in [6, 6.07) is 3.61. The van der Waals surface area contributed by atoms with E-state index in [1.54, 1.807) is 6.92 Å². The van der Waals surface area contributed by atoms with E-state index in [0.29, 0.717) is 0 Å². The molecule has 88 valence electrons. The van der Waals surface area contributed by atoms with E-state index in [0.717, 1.165) is 6.07 Å². The number of ether oxygens (including phenoxy) is 1. The third kappa shape index (κ3) is 2.64. The van der Waals surface area contributed by atoms with E-state index in [2.05, 4.69) is 0 Å². The number of esters is 1. The Hall–Kier alpha value is -1.75. The zero-order valence-corrected chi connectivity index (χ0v) is 9.10. The van der Waals surface area contributed by atoms with Gasteiger partial charge in [-0.15, -0.1) is 0 Å². The summed E-state index contributed by atoms with van der Waals surface area (Å²) in [7, 11) is 0. The SMILES string of the molecule is CC[C@](C)(O)C(=O)Oc1ccc(O)c(O)c1. The van der Waals surface area contributed by atoms with Gasteiger partial charge in [0.05, 0.1) is 0 Å². The lowest BCUT2D eigenvalue weighted by Gasteiger charge is -2.18. The first-order valence-corrected chi connectivity index (χ1v) is 4.83. The molecule has 3 N–H and O–H groups in total. The van der Waals surface area contributed by atoms with Gasteiger partial charge in [0.1, 0.15) is 5.75 Å². The highest BCUT2D eigenvalue weighted by Gasteiger charge is 2.30. The van der Waals surface area contributed by atoms with Crippen LogP contribution >= 0.6 is 0 Å². The van der Waals surface area contributed by atoms with Crippen molar-refractivity contribution in [3.63, 3.8) is 0 Å². The van der Waals surface area contributed by atoms with Crippen LogP contribution in [0.4, 0.5) is 0 Å². The van der Waals surface area contributed by atoms with Gasteiger partial charge in [0.15, 0.2) is 17.1 Å². The maximum Gasteiger partial charge on any atom is 0.343 e. The molecule has 0 aliphatic carbocycles. The molecule has 0 saturated heterocycles. The first-order valence-electron chi connectivity index (χ1n) is 4.83. The predicted octanol–water partition coefficient (Wildman–Crippen LogP) is 1.16. The summed E-state index contributed by atoms with van der Waals surface area (Å²) < 4.78 is 4.85. The van der Waals surface area contributed by atoms with Crippen LogP contribution in [0.25, 0.3) is 0 Å². The van der Waals surface area contributed by atoms with Gasteiger partial charge >= 0.3 is 5.97 Å². The van der Waals surface area contributed by atoms with Crippen molar-refractivity contribution in [2.45, 2.75) is 25.9 Å². The van der Waals surface area contributed by atoms with Crippen molar-refractivity contribution < 1.29 is 24.9 Å². The van der Waals surface area contributed by atoms with Crippen molar-refractivity contribution in [1.82, 2.24) is 0 Å². The van der Waals surface area contributed by atoms with Crippen molar-refractivity contribution in [3.8, 4) is 17.2 Å². The first-order chi connectivity index (χ1) is 7.36. The van der Waals surface area contributed by atoms with Gasteiger partial charge in [-0.05, 0) is 25.5 Å². The fourth-order valence-electron chi connectivity index (χ4n) is 0.928. The smallest absolute Gasteiger partial charge is 0.343 e.